The van der Waals surface area contributed by atoms with Crippen LogP contribution in [-0.2, 0) is 6.61 Å². The van der Waals surface area contributed by atoms with Crippen LogP contribution in [0.5, 0.6) is 0 Å². The summed E-state index contributed by atoms with van der Waals surface area (Å²) in [5.74, 6) is 0.0132. The molecule has 0 atom stereocenters. The summed E-state index contributed by atoms with van der Waals surface area (Å²) in [5.41, 5.74) is 1.33. The first-order valence-electron chi connectivity index (χ1n) is 6.24. The Labute approximate surface area is 113 Å². The van der Waals surface area contributed by atoms with E-state index in [2.05, 4.69) is 6.92 Å². The van der Waals surface area contributed by atoms with E-state index in [1.54, 1.807) is 11.8 Å². The highest BCUT2D eigenvalue weighted by molar-refractivity contribution is 7.98. The van der Waals surface area contributed by atoms with Crippen molar-refractivity contribution in [2.75, 3.05) is 19.3 Å². The minimum Gasteiger partial charge on any atom is -0.392 e. The number of hydrogen-bond donors (Lipinski definition) is 1. The van der Waals surface area contributed by atoms with Crippen LogP contribution in [0.25, 0.3) is 0 Å². The predicted octanol–water partition coefficient (Wildman–Crippen LogP) is 2.77. The Morgan fingerprint density at radius 1 is 1.39 bits per heavy atom. The molecule has 1 aromatic carbocycles. The summed E-state index contributed by atoms with van der Waals surface area (Å²) in [5, 5.41) is 9.34. The zero-order chi connectivity index (χ0) is 13.5. The lowest BCUT2D eigenvalue weighted by Crippen LogP contribution is -2.32. The van der Waals surface area contributed by atoms with E-state index in [9.17, 15) is 9.90 Å². The van der Waals surface area contributed by atoms with Gasteiger partial charge in [-0.2, -0.15) is 0 Å². The largest absolute Gasteiger partial charge is 0.392 e. The first-order chi connectivity index (χ1) is 8.67. The average Bonchev–Trinajstić information content (AvgIpc) is 2.43. The van der Waals surface area contributed by atoms with E-state index in [1.807, 2.05) is 36.3 Å². The molecular weight excluding hydrogens is 246 g/mol. The smallest absolute Gasteiger partial charge is 0.254 e. The number of amides is 1. The zero-order valence-corrected chi connectivity index (χ0v) is 12.1. The number of hydrogen-bond acceptors (Lipinski definition) is 3. The maximum absolute atomic E-state index is 12.4. The molecule has 0 radical (unpaired) electrons. The van der Waals surface area contributed by atoms with Gasteiger partial charge in [-0.15, -0.1) is 11.8 Å². The van der Waals surface area contributed by atoms with E-state index in [0.29, 0.717) is 17.7 Å². The number of aliphatic hydroxyl groups is 1. The third-order valence-corrected chi connectivity index (χ3v) is 3.61. The molecule has 0 aliphatic rings. The molecule has 0 bridgehead atoms. The lowest BCUT2D eigenvalue weighted by Gasteiger charge is -2.21. The average molecular weight is 267 g/mol. The topological polar surface area (TPSA) is 40.5 Å². The van der Waals surface area contributed by atoms with Crippen LogP contribution in [0.15, 0.2) is 23.1 Å². The molecule has 1 rings (SSSR count). The second-order valence-electron chi connectivity index (χ2n) is 4.07. The van der Waals surface area contributed by atoms with E-state index in [-0.39, 0.29) is 12.5 Å². The van der Waals surface area contributed by atoms with Gasteiger partial charge in [0.25, 0.3) is 5.91 Å². The van der Waals surface area contributed by atoms with E-state index in [0.717, 1.165) is 17.9 Å². The van der Waals surface area contributed by atoms with Crippen molar-refractivity contribution in [3.05, 3.63) is 29.3 Å². The van der Waals surface area contributed by atoms with Gasteiger partial charge in [-0.3, -0.25) is 4.79 Å². The monoisotopic (exact) mass is 267 g/mol. The SMILES string of the molecule is CCCN(CC)C(=O)c1cc(SC)ccc1CO. The molecule has 1 aromatic rings. The van der Waals surface area contributed by atoms with E-state index in [1.165, 1.54) is 0 Å². The van der Waals surface area contributed by atoms with Gasteiger partial charge in [-0.05, 0) is 37.3 Å². The van der Waals surface area contributed by atoms with Crippen molar-refractivity contribution in [2.45, 2.75) is 31.8 Å². The van der Waals surface area contributed by atoms with Gasteiger partial charge in [0, 0.05) is 23.5 Å². The molecule has 0 aliphatic heterocycles. The van der Waals surface area contributed by atoms with Crippen molar-refractivity contribution in [1.29, 1.82) is 0 Å². The molecule has 0 saturated carbocycles. The van der Waals surface area contributed by atoms with Gasteiger partial charge >= 0.3 is 0 Å². The van der Waals surface area contributed by atoms with Crippen LogP contribution in [0.3, 0.4) is 0 Å². The third-order valence-electron chi connectivity index (χ3n) is 2.88. The Morgan fingerprint density at radius 2 is 2.11 bits per heavy atom. The number of rotatable bonds is 6. The van der Waals surface area contributed by atoms with Crippen LogP contribution >= 0.6 is 11.8 Å². The van der Waals surface area contributed by atoms with Crippen molar-refractivity contribution in [2.24, 2.45) is 0 Å². The van der Waals surface area contributed by atoms with Crippen LogP contribution in [0.1, 0.15) is 36.2 Å². The molecule has 18 heavy (non-hydrogen) atoms. The van der Waals surface area contributed by atoms with E-state index in [4.69, 9.17) is 0 Å². The van der Waals surface area contributed by atoms with Crippen molar-refractivity contribution in [3.63, 3.8) is 0 Å². The molecule has 1 amide bonds. The number of thioether (sulfide) groups is 1. The Bertz CT molecular complexity index is 407. The van der Waals surface area contributed by atoms with Crippen LogP contribution in [0.4, 0.5) is 0 Å². The van der Waals surface area contributed by atoms with Gasteiger partial charge in [0.05, 0.1) is 6.61 Å². The fraction of sp³-hybridized carbons (Fsp3) is 0.500. The molecule has 0 heterocycles. The lowest BCUT2D eigenvalue weighted by molar-refractivity contribution is 0.0761. The number of nitrogens with zero attached hydrogens (tertiary/aromatic N) is 1. The molecule has 0 saturated heterocycles. The number of benzene rings is 1. The van der Waals surface area contributed by atoms with Crippen molar-refractivity contribution in [1.82, 2.24) is 4.90 Å². The standard InChI is InChI=1S/C14H21NO2S/c1-4-8-15(5-2)14(17)13-9-12(18-3)7-6-11(13)10-16/h6-7,9,16H,4-5,8,10H2,1-3H3. The maximum Gasteiger partial charge on any atom is 0.254 e. The lowest BCUT2D eigenvalue weighted by atomic mass is 10.1. The molecule has 1 N–H and O–H groups in total. The molecular formula is C14H21NO2S. The van der Waals surface area contributed by atoms with Crippen molar-refractivity contribution < 1.29 is 9.90 Å². The van der Waals surface area contributed by atoms with Gasteiger partial charge < -0.3 is 10.0 Å². The fourth-order valence-corrected chi connectivity index (χ4v) is 2.30. The molecule has 0 aromatic heterocycles. The van der Waals surface area contributed by atoms with E-state index < -0.39 is 0 Å². The Morgan fingerprint density at radius 3 is 2.61 bits per heavy atom. The van der Waals surface area contributed by atoms with Gasteiger partial charge in [0.15, 0.2) is 0 Å². The summed E-state index contributed by atoms with van der Waals surface area (Å²) in [6, 6.07) is 5.64. The first kappa shape index (κ1) is 15.1. The summed E-state index contributed by atoms with van der Waals surface area (Å²) >= 11 is 1.60. The second kappa shape index (κ2) is 7.44. The quantitative estimate of drug-likeness (QED) is 0.806. The van der Waals surface area contributed by atoms with E-state index >= 15 is 0 Å². The number of carbonyl (C=O) groups excluding carboxylic acids is 1. The van der Waals surface area contributed by atoms with Gasteiger partial charge in [0.2, 0.25) is 0 Å². The highest BCUT2D eigenvalue weighted by Crippen LogP contribution is 2.21. The normalized spacial score (nSPS) is 10.4. The summed E-state index contributed by atoms with van der Waals surface area (Å²) in [4.78, 5) is 15.3. The summed E-state index contributed by atoms with van der Waals surface area (Å²) in [6.45, 7) is 5.38. The van der Waals surface area contributed by atoms with Crippen molar-refractivity contribution in [3.8, 4) is 0 Å². The number of carbonyl (C=O) groups is 1. The minimum atomic E-state index is -0.0978. The fourth-order valence-electron chi connectivity index (χ4n) is 1.86. The molecule has 0 unspecified atom stereocenters. The Balaban J connectivity index is 3.08. The zero-order valence-electron chi connectivity index (χ0n) is 11.3. The highest BCUT2D eigenvalue weighted by Gasteiger charge is 2.17. The van der Waals surface area contributed by atoms with Gasteiger partial charge in [-0.1, -0.05) is 13.0 Å². The summed E-state index contributed by atoms with van der Waals surface area (Å²) < 4.78 is 0. The van der Waals surface area contributed by atoms with Crippen LogP contribution < -0.4 is 0 Å². The van der Waals surface area contributed by atoms with Gasteiger partial charge in [0.1, 0.15) is 0 Å². The predicted molar refractivity (Wildman–Crippen MR) is 76.0 cm³/mol. The van der Waals surface area contributed by atoms with Crippen LogP contribution in [0, 0.1) is 0 Å². The van der Waals surface area contributed by atoms with Crippen LogP contribution in [-0.4, -0.2) is 35.3 Å². The molecule has 4 heteroatoms. The van der Waals surface area contributed by atoms with Crippen LogP contribution in [0.2, 0.25) is 0 Å². The molecule has 0 aliphatic carbocycles. The Hall–Kier alpha value is -1.00. The molecule has 3 nitrogen and oxygen atoms in total. The molecule has 0 spiro atoms. The third kappa shape index (κ3) is 3.50. The second-order valence-corrected chi connectivity index (χ2v) is 4.95. The Kier molecular flexibility index (Phi) is 6.22. The minimum absolute atomic E-state index is 0.0132. The summed E-state index contributed by atoms with van der Waals surface area (Å²) in [6.07, 6.45) is 2.92. The van der Waals surface area contributed by atoms with Crippen molar-refractivity contribution >= 4 is 17.7 Å². The summed E-state index contributed by atoms with van der Waals surface area (Å²) in [7, 11) is 0. The maximum atomic E-state index is 12.4. The number of aliphatic hydroxyl groups excluding tert-OH is 1. The highest BCUT2D eigenvalue weighted by atomic mass is 32.2. The molecule has 100 valence electrons. The first-order valence-corrected chi connectivity index (χ1v) is 7.47. The molecule has 0 fully saturated rings. The van der Waals surface area contributed by atoms with Gasteiger partial charge in [-0.25, -0.2) is 0 Å².